The lowest BCUT2D eigenvalue weighted by Crippen LogP contribution is -2.46. The van der Waals surface area contributed by atoms with E-state index in [9.17, 15) is 5.11 Å². The average Bonchev–Trinajstić information content (AvgIpc) is 3.27. The van der Waals surface area contributed by atoms with Gasteiger partial charge < -0.3 is 14.7 Å². The van der Waals surface area contributed by atoms with E-state index in [0.717, 1.165) is 50.5 Å². The van der Waals surface area contributed by atoms with E-state index in [1.54, 1.807) is 0 Å². The molecule has 0 radical (unpaired) electrons. The number of benzene rings is 2. The van der Waals surface area contributed by atoms with Gasteiger partial charge in [-0.15, -0.1) is 0 Å². The summed E-state index contributed by atoms with van der Waals surface area (Å²) < 4.78 is 6.08. The Morgan fingerprint density at radius 2 is 1.57 bits per heavy atom. The van der Waals surface area contributed by atoms with Gasteiger partial charge in [0, 0.05) is 38.4 Å². The molecule has 2 aromatic carbocycles. The Morgan fingerprint density at radius 3 is 2.25 bits per heavy atom. The molecule has 1 N–H and O–H groups in total. The lowest BCUT2D eigenvalue weighted by molar-refractivity contribution is 0.139. The number of rotatable bonds is 7. The zero-order chi connectivity index (χ0) is 19.2. The second kappa shape index (κ2) is 9.44. The third kappa shape index (κ3) is 5.06. The summed E-state index contributed by atoms with van der Waals surface area (Å²) in [6.45, 7) is 5.09. The summed E-state index contributed by atoms with van der Waals surface area (Å²) in [5, 5.41) is 10.4. The minimum atomic E-state index is -0.369. The van der Waals surface area contributed by atoms with Gasteiger partial charge in [0.05, 0.1) is 12.2 Å². The summed E-state index contributed by atoms with van der Waals surface area (Å²) in [4.78, 5) is 4.91. The van der Waals surface area contributed by atoms with Crippen molar-refractivity contribution in [2.75, 3.05) is 37.6 Å². The van der Waals surface area contributed by atoms with Crippen LogP contribution in [0, 0.1) is 0 Å². The van der Waals surface area contributed by atoms with Gasteiger partial charge in [0.15, 0.2) is 0 Å². The summed E-state index contributed by atoms with van der Waals surface area (Å²) in [7, 11) is 0. The number of piperazine rings is 1. The van der Waals surface area contributed by atoms with E-state index < -0.39 is 0 Å². The van der Waals surface area contributed by atoms with Crippen LogP contribution in [0.2, 0.25) is 0 Å². The maximum atomic E-state index is 10.4. The zero-order valence-corrected chi connectivity index (χ0v) is 16.7. The number of ether oxygens (including phenoxy) is 1. The van der Waals surface area contributed by atoms with Gasteiger partial charge in [0.1, 0.15) is 5.75 Å². The predicted octanol–water partition coefficient (Wildman–Crippen LogP) is 4.25. The van der Waals surface area contributed by atoms with Gasteiger partial charge in [-0.05, 0) is 61.9 Å². The van der Waals surface area contributed by atoms with Crippen LogP contribution in [0.1, 0.15) is 43.8 Å². The molecule has 1 unspecified atom stereocenters. The Bertz CT molecular complexity index is 705. The highest BCUT2D eigenvalue weighted by Crippen LogP contribution is 2.26. The van der Waals surface area contributed by atoms with Gasteiger partial charge in [-0.1, -0.05) is 30.3 Å². The topological polar surface area (TPSA) is 35.9 Å². The fraction of sp³-hybridized carbons (Fsp3) is 0.500. The van der Waals surface area contributed by atoms with Crippen LogP contribution in [-0.4, -0.2) is 48.8 Å². The van der Waals surface area contributed by atoms with Crippen LogP contribution < -0.4 is 9.64 Å². The van der Waals surface area contributed by atoms with Crippen LogP contribution in [0.5, 0.6) is 5.75 Å². The summed E-state index contributed by atoms with van der Waals surface area (Å²) >= 11 is 0. The van der Waals surface area contributed by atoms with Crippen molar-refractivity contribution in [2.24, 2.45) is 0 Å². The molecule has 2 aliphatic rings. The first-order valence-corrected chi connectivity index (χ1v) is 10.7. The third-order valence-electron chi connectivity index (χ3n) is 6.08. The Kier molecular flexibility index (Phi) is 6.50. The van der Waals surface area contributed by atoms with E-state index in [1.165, 1.54) is 31.4 Å². The van der Waals surface area contributed by atoms with Crippen LogP contribution in [-0.2, 0) is 0 Å². The van der Waals surface area contributed by atoms with E-state index >= 15 is 0 Å². The Balaban J connectivity index is 1.21. The van der Waals surface area contributed by atoms with Crippen molar-refractivity contribution in [1.82, 2.24) is 4.90 Å². The lowest BCUT2D eigenvalue weighted by Gasteiger charge is -2.36. The molecule has 2 aromatic rings. The van der Waals surface area contributed by atoms with E-state index in [2.05, 4.69) is 34.1 Å². The van der Waals surface area contributed by atoms with Crippen LogP contribution in [0.15, 0.2) is 54.6 Å². The summed E-state index contributed by atoms with van der Waals surface area (Å²) in [6.07, 6.45) is 5.83. The average molecular weight is 381 g/mol. The molecular weight excluding hydrogens is 348 g/mol. The van der Waals surface area contributed by atoms with Gasteiger partial charge >= 0.3 is 0 Å². The number of aliphatic hydroxyl groups excluding tert-OH is 1. The number of aliphatic hydroxyl groups is 1. The minimum absolute atomic E-state index is 0.369. The van der Waals surface area contributed by atoms with E-state index in [1.807, 2.05) is 30.3 Å². The quantitative estimate of drug-likeness (QED) is 0.779. The molecule has 1 saturated carbocycles. The maximum absolute atomic E-state index is 10.4. The van der Waals surface area contributed by atoms with Crippen molar-refractivity contribution < 1.29 is 9.84 Å². The van der Waals surface area contributed by atoms with E-state index in [-0.39, 0.29) is 6.10 Å². The summed E-state index contributed by atoms with van der Waals surface area (Å²) in [6, 6.07) is 18.6. The molecule has 0 spiro atoms. The Labute approximate surface area is 168 Å². The number of hydrogen-bond acceptors (Lipinski definition) is 4. The van der Waals surface area contributed by atoms with Gasteiger partial charge in [-0.3, -0.25) is 4.90 Å². The molecule has 4 rings (SSSR count). The van der Waals surface area contributed by atoms with Crippen molar-refractivity contribution in [2.45, 2.75) is 44.3 Å². The standard InChI is InChI=1S/C24H32N2O2/c27-24(20-6-2-1-3-7-20)14-15-25-16-18-26(19-17-25)21-10-12-23(13-11-21)28-22-8-4-5-9-22/h1-3,6-7,10-13,22,24,27H,4-5,8-9,14-19H2. The number of nitrogens with zero attached hydrogens (tertiary/aromatic N) is 2. The first kappa shape index (κ1) is 19.3. The maximum Gasteiger partial charge on any atom is 0.119 e. The molecule has 4 heteroatoms. The van der Waals surface area contributed by atoms with Crippen molar-refractivity contribution in [3.05, 3.63) is 60.2 Å². The highest BCUT2D eigenvalue weighted by Gasteiger charge is 2.19. The fourth-order valence-electron chi connectivity index (χ4n) is 4.31. The van der Waals surface area contributed by atoms with Gasteiger partial charge in [-0.25, -0.2) is 0 Å². The molecule has 0 amide bonds. The molecule has 150 valence electrons. The molecule has 1 aliphatic carbocycles. The first-order valence-electron chi connectivity index (χ1n) is 10.7. The van der Waals surface area contributed by atoms with Crippen molar-refractivity contribution in [3.63, 3.8) is 0 Å². The molecule has 4 nitrogen and oxygen atoms in total. The predicted molar refractivity (Wildman–Crippen MR) is 114 cm³/mol. The van der Waals surface area contributed by atoms with Crippen LogP contribution in [0.4, 0.5) is 5.69 Å². The van der Waals surface area contributed by atoms with E-state index in [0.29, 0.717) is 6.10 Å². The second-order valence-electron chi connectivity index (χ2n) is 8.06. The monoisotopic (exact) mass is 380 g/mol. The van der Waals surface area contributed by atoms with E-state index in [4.69, 9.17) is 4.74 Å². The second-order valence-corrected chi connectivity index (χ2v) is 8.06. The molecule has 2 fully saturated rings. The molecule has 28 heavy (non-hydrogen) atoms. The fourth-order valence-corrected chi connectivity index (χ4v) is 4.31. The Hall–Kier alpha value is -2.04. The SMILES string of the molecule is OC(CCN1CCN(c2ccc(OC3CCCC3)cc2)CC1)c1ccccc1. The molecule has 0 aromatic heterocycles. The normalized spacial score (nSPS) is 19.7. The Morgan fingerprint density at radius 1 is 0.893 bits per heavy atom. The van der Waals surface area contributed by atoms with Crippen molar-refractivity contribution in [3.8, 4) is 5.75 Å². The van der Waals surface area contributed by atoms with Gasteiger partial charge in [-0.2, -0.15) is 0 Å². The van der Waals surface area contributed by atoms with Crippen LogP contribution in [0.3, 0.4) is 0 Å². The molecule has 1 atom stereocenters. The summed E-state index contributed by atoms with van der Waals surface area (Å²) in [5.41, 5.74) is 2.30. The number of hydrogen-bond donors (Lipinski definition) is 1. The molecule has 1 aliphatic heterocycles. The number of anilines is 1. The summed E-state index contributed by atoms with van der Waals surface area (Å²) in [5.74, 6) is 1.00. The third-order valence-corrected chi connectivity index (χ3v) is 6.08. The van der Waals surface area contributed by atoms with Gasteiger partial charge in [0.25, 0.3) is 0 Å². The molecule has 1 heterocycles. The largest absolute Gasteiger partial charge is 0.490 e. The smallest absolute Gasteiger partial charge is 0.119 e. The minimum Gasteiger partial charge on any atom is -0.490 e. The van der Waals surface area contributed by atoms with Crippen LogP contribution in [0.25, 0.3) is 0 Å². The molecule has 0 bridgehead atoms. The molecule has 1 saturated heterocycles. The highest BCUT2D eigenvalue weighted by atomic mass is 16.5. The van der Waals surface area contributed by atoms with Crippen LogP contribution >= 0.6 is 0 Å². The molecular formula is C24H32N2O2. The van der Waals surface area contributed by atoms with Crippen molar-refractivity contribution in [1.29, 1.82) is 0 Å². The lowest BCUT2D eigenvalue weighted by atomic mass is 10.1. The van der Waals surface area contributed by atoms with Gasteiger partial charge in [0.2, 0.25) is 0 Å². The first-order chi connectivity index (χ1) is 13.8. The zero-order valence-electron chi connectivity index (χ0n) is 16.7. The highest BCUT2D eigenvalue weighted by molar-refractivity contribution is 5.49. The van der Waals surface area contributed by atoms with Crippen molar-refractivity contribution >= 4 is 5.69 Å².